The Bertz CT molecular complexity index is 1700. The quantitative estimate of drug-likeness (QED) is 0.142. The van der Waals surface area contributed by atoms with E-state index in [-0.39, 0.29) is 23.8 Å². The summed E-state index contributed by atoms with van der Waals surface area (Å²) in [6, 6.07) is 17.0. The van der Waals surface area contributed by atoms with E-state index in [9.17, 15) is 9.59 Å². The number of esters is 1. The minimum Gasteiger partial charge on any atom is -0.496 e. The third-order valence-corrected chi connectivity index (χ3v) is 9.02. The van der Waals surface area contributed by atoms with Gasteiger partial charge in [-0.05, 0) is 62.7 Å². The van der Waals surface area contributed by atoms with E-state index in [0.717, 1.165) is 80.2 Å². The minimum atomic E-state index is -0.352. The van der Waals surface area contributed by atoms with Crippen LogP contribution in [0.5, 0.6) is 11.6 Å². The Kier molecular flexibility index (Phi) is 9.65. The molecule has 242 valence electrons. The van der Waals surface area contributed by atoms with Crippen LogP contribution in [-0.2, 0) is 29.2 Å². The highest BCUT2D eigenvalue weighted by molar-refractivity contribution is 5.98. The normalized spacial score (nSPS) is 17.2. The fourth-order valence-corrected chi connectivity index (χ4v) is 6.20. The summed E-state index contributed by atoms with van der Waals surface area (Å²) in [6.45, 7) is 8.15. The van der Waals surface area contributed by atoms with Crippen LogP contribution in [0.4, 0.5) is 0 Å². The number of rotatable bonds is 12. The number of piperidine rings is 1. The molecule has 46 heavy (non-hydrogen) atoms. The van der Waals surface area contributed by atoms with Crippen molar-refractivity contribution in [3.8, 4) is 11.6 Å². The molecule has 1 unspecified atom stereocenters. The maximum absolute atomic E-state index is 12.4. The third kappa shape index (κ3) is 6.93. The average molecular weight is 627 g/mol. The summed E-state index contributed by atoms with van der Waals surface area (Å²) in [6.07, 6.45) is 3.15. The lowest BCUT2D eigenvalue weighted by atomic mass is 9.93. The number of fused-ring (bicyclic) bond motifs is 1. The van der Waals surface area contributed by atoms with Gasteiger partial charge in [0.05, 0.1) is 50.0 Å². The van der Waals surface area contributed by atoms with Gasteiger partial charge in [0.2, 0.25) is 5.88 Å². The van der Waals surface area contributed by atoms with Gasteiger partial charge in [-0.25, -0.2) is 14.8 Å². The number of likely N-dealkylation sites (tertiary alicyclic amines) is 1. The van der Waals surface area contributed by atoms with Gasteiger partial charge in [-0.2, -0.15) is 0 Å². The van der Waals surface area contributed by atoms with Gasteiger partial charge in [-0.3, -0.25) is 9.69 Å². The highest BCUT2D eigenvalue weighted by atomic mass is 16.5. The highest BCUT2D eigenvalue weighted by Crippen LogP contribution is 2.30. The number of benzene rings is 2. The number of Topliss-reactive ketones (excluding diaryl/α,β-unsaturated/α-hetero) is 1. The molecule has 0 aliphatic carbocycles. The Morgan fingerprint density at radius 3 is 2.46 bits per heavy atom. The lowest BCUT2D eigenvalue weighted by molar-refractivity contribution is -0.0592. The van der Waals surface area contributed by atoms with Crippen molar-refractivity contribution in [3.63, 3.8) is 0 Å². The van der Waals surface area contributed by atoms with Gasteiger partial charge in [0, 0.05) is 41.3 Å². The first kappa shape index (κ1) is 31.7. The smallest absolute Gasteiger partial charge is 0.337 e. The predicted molar refractivity (Wildman–Crippen MR) is 173 cm³/mol. The van der Waals surface area contributed by atoms with Crippen molar-refractivity contribution >= 4 is 22.8 Å². The molecule has 0 radical (unpaired) electrons. The van der Waals surface area contributed by atoms with Crippen LogP contribution in [0.15, 0.2) is 54.6 Å². The maximum atomic E-state index is 12.4. The molecule has 1 atom stereocenters. The number of carbonyl (C=O) groups excluding carboxylic acids is 2. The molecule has 6 rings (SSSR count). The Morgan fingerprint density at radius 1 is 0.978 bits per heavy atom. The maximum Gasteiger partial charge on any atom is 0.337 e. The fourth-order valence-electron chi connectivity index (χ4n) is 6.20. The fraction of sp³-hybridized carbons (Fsp3) is 0.444. The first-order valence-electron chi connectivity index (χ1n) is 16.0. The molecule has 0 spiro atoms. The molecule has 2 saturated heterocycles. The summed E-state index contributed by atoms with van der Waals surface area (Å²) < 4.78 is 24.6. The van der Waals surface area contributed by atoms with E-state index in [0.29, 0.717) is 35.3 Å². The van der Waals surface area contributed by atoms with E-state index in [4.69, 9.17) is 28.9 Å². The van der Waals surface area contributed by atoms with Gasteiger partial charge in [0.1, 0.15) is 18.2 Å². The Balaban J connectivity index is 1.09. The number of aromatic nitrogens is 3. The topological polar surface area (TPSA) is 105 Å². The molecule has 2 aliphatic heterocycles. The molecule has 0 bridgehead atoms. The standard InChI is InChI=1S/C36H42N4O6/c1-23(2)35(41)25-8-9-27(32(19-25)43-3)22-46-34-7-5-6-29(38-34)24-12-15-39(16-13-24)21-33-37-30-11-10-26(36(42)44-4)18-31(30)40(33)20-28-14-17-45-28/h5-11,18-19,23-24,28H,12-17,20-22H2,1-4H3. The second-order valence-electron chi connectivity index (χ2n) is 12.4. The molecule has 4 aromatic rings. The zero-order valence-corrected chi connectivity index (χ0v) is 27.0. The minimum absolute atomic E-state index is 0.0798. The highest BCUT2D eigenvalue weighted by Gasteiger charge is 2.26. The molecule has 2 aromatic heterocycles. The van der Waals surface area contributed by atoms with E-state index in [1.807, 2.05) is 50.2 Å². The van der Waals surface area contributed by atoms with Crippen LogP contribution >= 0.6 is 0 Å². The SMILES string of the molecule is COC(=O)c1ccc2nc(CN3CCC(c4cccc(OCc5ccc(C(=O)C(C)C)cc5OC)n4)CC3)n(CC3CCO3)c2c1. The molecule has 4 heterocycles. The molecular formula is C36H42N4O6. The van der Waals surface area contributed by atoms with Gasteiger partial charge >= 0.3 is 5.97 Å². The largest absolute Gasteiger partial charge is 0.496 e. The van der Waals surface area contributed by atoms with Gasteiger partial charge in [-0.1, -0.05) is 32.0 Å². The molecular weight excluding hydrogens is 584 g/mol. The molecule has 0 amide bonds. The number of hydrogen-bond acceptors (Lipinski definition) is 9. The van der Waals surface area contributed by atoms with Gasteiger partial charge in [-0.15, -0.1) is 0 Å². The molecule has 10 nitrogen and oxygen atoms in total. The Hall–Kier alpha value is -4.28. The summed E-state index contributed by atoms with van der Waals surface area (Å²) in [4.78, 5) is 36.9. The summed E-state index contributed by atoms with van der Waals surface area (Å²) in [5.41, 5.74) is 4.86. The van der Waals surface area contributed by atoms with Crippen molar-refractivity contribution < 1.29 is 28.5 Å². The van der Waals surface area contributed by atoms with Crippen LogP contribution in [0.1, 0.15) is 76.8 Å². The average Bonchev–Trinajstić information content (AvgIpc) is 3.40. The van der Waals surface area contributed by atoms with Gasteiger partial charge in [0.25, 0.3) is 0 Å². The van der Waals surface area contributed by atoms with Crippen LogP contribution in [0, 0.1) is 5.92 Å². The number of hydrogen-bond donors (Lipinski definition) is 0. The van der Waals surface area contributed by atoms with Crippen molar-refractivity contribution in [3.05, 3.63) is 82.8 Å². The van der Waals surface area contributed by atoms with Crippen molar-refractivity contribution in [1.82, 2.24) is 19.4 Å². The van der Waals surface area contributed by atoms with Gasteiger partial charge < -0.3 is 23.5 Å². The monoisotopic (exact) mass is 626 g/mol. The van der Waals surface area contributed by atoms with E-state index in [2.05, 4.69) is 15.5 Å². The summed E-state index contributed by atoms with van der Waals surface area (Å²) >= 11 is 0. The van der Waals surface area contributed by atoms with Crippen molar-refractivity contribution in [2.75, 3.05) is 33.9 Å². The number of nitrogens with zero attached hydrogens (tertiary/aromatic N) is 4. The lowest BCUT2D eigenvalue weighted by Gasteiger charge is -2.32. The number of ether oxygens (including phenoxy) is 4. The Morgan fingerprint density at radius 2 is 1.76 bits per heavy atom. The van der Waals surface area contributed by atoms with Gasteiger partial charge in [0.15, 0.2) is 5.78 Å². The number of pyridine rings is 1. The molecule has 2 aromatic carbocycles. The van der Waals surface area contributed by atoms with Crippen LogP contribution in [0.3, 0.4) is 0 Å². The first-order valence-corrected chi connectivity index (χ1v) is 16.0. The Labute approximate surface area is 269 Å². The molecule has 0 saturated carbocycles. The summed E-state index contributed by atoms with van der Waals surface area (Å²) in [5, 5.41) is 0. The van der Waals surface area contributed by atoms with Crippen LogP contribution in [-0.4, -0.2) is 71.2 Å². The molecule has 2 aliphatic rings. The van der Waals surface area contributed by atoms with Crippen LogP contribution in [0.25, 0.3) is 11.0 Å². The van der Waals surface area contributed by atoms with Crippen molar-refractivity contribution in [2.24, 2.45) is 5.92 Å². The number of ketones is 1. The van der Waals surface area contributed by atoms with E-state index in [1.165, 1.54) is 7.11 Å². The molecule has 0 N–H and O–H groups in total. The van der Waals surface area contributed by atoms with E-state index >= 15 is 0 Å². The van der Waals surface area contributed by atoms with Crippen molar-refractivity contribution in [1.29, 1.82) is 0 Å². The lowest BCUT2D eigenvalue weighted by Crippen LogP contribution is -2.35. The van der Waals surface area contributed by atoms with Crippen LogP contribution < -0.4 is 9.47 Å². The number of methoxy groups -OCH3 is 2. The molecule has 10 heteroatoms. The first-order chi connectivity index (χ1) is 22.3. The van der Waals surface area contributed by atoms with Crippen LogP contribution in [0.2, 0.25) is 0 Å². The van der Waals surface area contributed by atoms with Crippen molar-refractivity contribution in [2.45, 2.75) is 64.8 Å². The summed E-state index contributed by atoms with van der Waals surface area (Å²) in [7, 11) is 3.00. The zero-order chi connectivity index (χ0) is 32.2. The summed E-state index contributed by atoms with van der Waals surface area (Å²) in [5.74, 6) is 2.17. The zero-order valence-electron chi connectivity index (χ0n) is 27.0. The van der Waals surface area contributed by atoms with E-state index in [1.54, 1.807) is 19.2 Å². The predicted octanol–water partition coefficient (Wildman–Crippen LogP) is 5.81. The second-order valence-corrected chi connectivity index (χ2v) is 12.4. The second kappa shape index (κ2) is 14.0. The molecule has 2 fully saturated rings. The third-order valence-electron chi connectivity index (χ3n) is 9.02. The number of carbonyl (C=O) groups is 2. The van der Waals surface area contributed by atoms with E-state index < -0.39 is 0 Å². The number of imidazole rings is 1.